The Hall–Kier alpha value is -0.990. The highest BCUT2D eigenvalue weighted by molar-refractivity contribution is 5.39. The fraction of sp³-hybridized carbons (Fsp3) is 0.786. The number of hydrogen-bond donors (Lipinski definition) is 1. The molecular formula is C14H26N2O. The maximum Gasteiger partial charge on any atom is 0.160 e. The number of nitrogens with zero attached hydrogens (tertiary/aromatic N) is 2. The average molecular weight is 238 g/mol. The smallest absolute Gasteiger partial charge is 0.160 e. The van der Waals surface area contributed by atoms with Crippen molar-refractivity contribution >= 4 is 0 Å². The Labute approximate surface area is 105 Å². The molecule has 1 rings (SSSR count). The molecule has 3 nitrogen and oxygen atoms in total. The zero-order valence-electron chi connectivity index (χ0n) is 12.4. The van der Waals surface area contributed by atoms with Crippen LogP contribution in [-0.2, 0) is 11.0 Å². The van der Waals surface area contributed by atoms with E-state index in [4.69, 9.17) is 0 Å². The summed E-state index contributed by atoms with van der Waals surface area (Å²) in [5, 5.41) is 15.0. The summed E-state index contributed by atoms with van der Waals surface area (Å²) in [5.74, 6) is 0.599. The number of aromatic nitrogens is 2. The van der Waals surface area contributed by atoms with Gasteiger partial charge in [-0.2, -0.15) is 5.10 Å². The lowest BCUT2D eigenvalue weighted by Crippen LogP contribution is -2.30. The lowest BCUT2D eigenvalue weighted by Gasteiger charge is -2.28. The van der Waals surface area contributed by atoms with Crippen LogP contribution in [0.1, 0.15) is 72.7 Å². The van der Waals surface area contributed by atoms with Crippen molar-refractivity contribution in [1.82, 2.24) is 9.78 Å². The molecule has 1 heterocycles. The summed E-state index contributed by atoms with van der Waals surface area (Å²) in [4.78, 5) is 0. The second kappa shape index (κ2) is 4.04. The molecule has 98 valence electrons. The highest BCUT2D eigenvalue weighted by Gasteiger charge is 2.32. The van der Waals surface area contributed by atoms with Crippen LogP contribution in [0.5, 0.6) is 5.75 Å². The van der Waals surface area contributed by atoms with E-state index in [9.17, 15) is 5.11 Å². The molecule has 0 radical (unpaired) electrons. The predicted molar refractivity (Wildman–Crippen MR) is 71.7 cm³/mol. The maximum atomic E-state index is 10.4. The van der Waals surface area contributed by atoms with E-state index in [1.54, 1.807) is 0 Å². The Morgan fingerprint density at radius 3 is 1.76 bits per heavy atom. The van der Waals surface area contributed by atoms with Crippen LogP contribution in [0.4, 0.5) is 0 Å². The Bertz CT molecular complexity index is 403. The van der Waals surface area contributed by atoms with Crippen molar-refractivity contribution in [3.05, 3.63) is 11.4 Å². The minimum atomic E-state index is -0.118. The van der Waals surface area contributed by atoms with Crippen LogP contribution < -0.4 is 0 Å². The van der Waals surface area contributed by atoms with Gasteiger partial charge in [0.05, 0.1) is 11.2 Å². The van der Waals surface area contributed by atoms with Crippen LogP contribution in [0.3, 0.4) is 0 Å². The van der Waals surface area contributed by atoms with E-state index < -0.39 is 0 Å². The van der Waals surface area contributed by atoms with Gasteiger partial charge in [-0.25, -0.2) is 0 Å². The van der Waals surface area contributed by atoms with Gasteiger partial charge in [-0.15, -0.1) is 0 Å². The van der Waals surface area contributed by atoms with E-state index in [1.807, 2.05) is 4.68 Å². The Morgan fingerprint density at radius 1 is 1.06 bits per heavy atom. The Balaban J connectivity index is 3.55. The van der Waals surface area contributed by atoms with E-state index in [2.05, 4.69) is 60.5 Å². The third-order valence-electron chi connectivity index (χ3n) is 2.78. The molecule has 1 aromatic heterocycles. The molecule has 0 saturated heterocycles. The largest absolute Gasteiger partial charge is 0.504 e. The topological polar surface area (TPSA) is 38.0 Å². The Morgan fingerprint density at radius 2 is 1.53 bits per heavy atom. The minimum absolute atomic E-state index is 0.114. The maximum absolute atomic E-state index is 10.4. The summed E-state index contributed by atoms with van der Waals surface area (Å²) in [7, 11) is 0. The van der Waals surface area contributed by atoms with Gasteiger partial charge in [0.2, 0.25) is 0 Å². The quantitative estimate of drug-likeness (QED) is 0.809. The molecular weight excluding hydrogens is 212 g/mol. The van der Waals surface area contributed by atoms with Crippen LogP contribution in [0.25, 0.3) is 0 Å². The normalized spacial score (nSPS) is 13.5. The lowest BCUT2D eigenvalue weighted by molar-refractivity contribution is 0.314. The molecule has 0 aliphatic rings. The molecule has 17 heavy (non-hydrogen) atoms. The van der Waals surface area contributed by atoms with Gasteiger partial charge in [-0.3, -0.25) is 4.68 Å². The van der Waals surface area contributed by atoms with Crippen LogP contribution >= 0.6 is 0 Å². The van der Waals surface area contributed by atoms with Crippen LogP contribution in [0.2, 0.25) is 0 Å². The molecule has 0 aliphatic carbocycles. The monoisotopic (exact) mass is 238 g/mol. The third kappa shape index (κ3) is 2.64. The molecule has 0 spiro atoms. The van der Waals surface area contributed by atoms with Gasteiger partial charge in [-0.1, -0.05) is 34.6 Å². The molecule has 0 atom stereocenters. The van der Waals surface area contributed by atoms with Crippen molar-refractivity contribution in [2.75, 3.05) is 0 Å². The molecule has 0 unspecified atom stereocenters. The summed E-state index contributed by atoms with van der Waals surface area (Å²) in [6.07, 6.45) is 0. The first-order valence-electron chi connectivity index (χ1n) is 6.29. The molecule has 0 aromatic carbocycles. The standard InChI is InChI=1S/C14H26N2O/c1-9(2)10-11(17)12(13(3,4)5)16(15-10)14(6,7)8/h9,17H,1-8H3. The van der Waals surface area contributed by atoms with Gasteiger partial charge in [-0.05, 0) is 20.8 Å². The van der Waals surface area contributed by atoms with E-state index in [0.29, 0.717) is 5.75 Å². The number of aromatic hydroxyl groups is 1. The van der Waals surface area contributed by atoms with Gasteiger partial charge in [0, 0.05) is 11.3 Å². The lowest BCUT2D eigenvalue weighted by atomic mass is 9.89. The first kappa shape index (κ1) is 14.1. The second-order valence-electron chi connectivity index (χ2n) is 7.07. The minimum Gasteiger partial charge on any atom is -0.504 e. The summed E-state index contributed by atoms with van der Waals surface area (Å²) < 4.78 is 1.97. The highest BCUT2D eigenvalue weighted by Crippen LogP contribution is 2.38. The number of hydrogen-bond acceptors (Lipinski definition) is 2. The average Bonchev–Trinajstić information content (AvgIpc) is 2.40. The van der Waals surface area contributed by atoms with E-state index in [1.165, 1.54) is 0 Å². The predicted octanol–water partition coefficient (Wildman–Crippen LogP) is 3.76. The third-order valence-corrected chi connectivity index (χ3v) is 2.78. The van der Waals surface area contributed by atoms with Gasteiger partial charge < -0.3 is 5.11 Å². The fourth-order valence-corrected chi connectivity index (χ4v) is 1.97. The van der Waals surface area contributed by atoms with E-state index in [0.717, 1.165) is 11.4 Å². The summed E-state index contributed by atoms with van der Waals surface area (Å²) in [6, 6.07) is 0. The molecule has 1 aromatic rings. The van der Waals surface area contributed by atoms with E-state index in [-0.39, 0.29) is 16.9 Å². The second-order valence-corrected chi connectivity index (χ2v) is 7.07. The summed E-state index contributed by atoms with van der Waals surface area (Å²) in [6.45, 7) is 16.8. The zero-order chi connectivity index (χ0) is 13.6. The van der Waals surface area contributed by atoms with Gasteiger partial charge in [0.1, 0.15) is 5.69 Å². The molecule has 3 heteroatoms. The van der Waals surface area contributed by atoms with Gasteiger partial charge in [0.15, 0.2) is 5.75 Å². The van der Waals surface area contributed by atoms with Crippen LogP contribution in [0.15, 0.2) is 0 Å². The van der Waals surface area contributed by atoms with Crippen molar-refractivity contribution in [1.29, 1.82) is 0 Å². The van der Waals surface area contributed by atoms with Crippen molar-refractivity contribution in [3.63, 3.8) is 0 Å². The fourth-order valence-electron chi connectivity index (χ4n) is 1.97. The van der Waals surface area contributed by atoms with Gasteiger partial charge >= 0.3 is 0 Å². The number of rotatable bonds is 1. The molecule has 0 fully saturated rings. The zero-order valence-corrected chi connectivity index (χ0v) is 12.4. The van der Waals surface area contributed by atoms with Gasteiger partial charge in [0.25, 0.3) is 0 Å². The molecule has 0 bridgehead atoms. The Kier molecular flexibility index (Phi) is 3.34. The van der Waals surface area contributed by atoms with Crippen molar-refractivity contribution in [2.45, 2.75) is 72.3 Å². The van der Waals surface area contributed by atoms with Crippen molar-refractivity contribution < 1.29 is 5.11 Å². The summed E-state index contributed by atoms with van der Waals surface area (Å²) >= 11 is 0. The van der Waals surface area contributed by atoms with Crippen molar-refractivity contribution in [3.8, 4) is 5.75 Å². The molecule has 0 amide bonds. The van der Waals surface area contributed by atoms with E-state index >= 15 is 0 Å². The molecule has 0 saturated carbocycles. The first-order valence-corrected chi connectivity index (χ1v) is 6.29. The summed E-state index contributed by atoms with van der Waals surface area (Å²) in [5.41, 5.74) is 1.49. The molecule has 0 aliphatic heterocycles. The molecule has 1 N–H and O–H groups in total. The van der Waals surface area contributed by atoms with Crippen molar-refractivity contribution in [2.24, 2.45) is 0 Å². The van der Waals surface area contributed by atoms with Crippen LogP contribution in [-0.4, -0.2) is 14.9 Å². The van der Waals surface area contributed by atoms with Crippen LogP contribution in [0, 0.1) is 0 Å². The first-order chi connectivity index (χ1) is 7.46. The SMILES string of the molecule is CC(C)c1nn(C(C)(C)C)c(C(C)(C)C)c1O. The highest BCUT2D eigenvalue weighted by atomic mass is 16.3.